The minimum atomic E-state index is -0.131. The second-order valence-electron chi connectivity index (χ2n) is 7.08. The highest BCUT2D eigenvalue weighted by molar-refractivity contribution is 5.84. The molecule has 1 aliphatic rings. The molecule has 5 nitrogen and oxygen atoms in total. The fraction of sp³-hybridized carbons (Fsp3) is 0.304. The van der Waals surface area contributed by atoms with Crippen molar-refractivity contribution in [1.29, 1.82) is 0 Å². The molecule has 2 aromatic carbocycles. The number of carbonyl (C=O) groups is 1. The van der Waals surface area contributed by atoms with Crippen LogP contribution >= 0.6 is 0 Å². The average molecular weight is 376 g/mol. The third-order valence-corrected chi connectivity index (χ3v) is 5.19. The molecule has 0 radical (unpaired) electrons. The fourth-order valence-corrected chi connectivity index (χ4v) is 3.70. The van der Waals surface area contributed by atoms with Crippen molar-refractivity contribution < 1.29 is 14.3 Å². The molecule has 4 rings (SSSR count). The van der Waals surface area contributed by atoms with Gasteiger partial charge in [-0.1, -0.05) is 36.4 Å². The lowest BCUT2D eigenvalue weighted by Gasteiger charge is -2.31. The molecule has 1 amide bonds. The van der Waals surface area contributed by atoms with Gasteiger partial charge in [-0.2, -0.15) is 0 Å². The van der Waals surface area contributed by atoms with Crippen LogP contribution < -0.4 is 10.1 Å². The van der Waals surface area contributed by atoms with Gasteiger partial charge in [0.25, 0.3) is 5.91 Å². The smallest absolute Gasteiger partial charge is 0.258 e. The Balaban J connectivity index is 1.42. The van der Waals surface area contributed by atoms with Gasteiger partial charge >= 0.3 is 0 Å². The molecule has 1 aliphatic heterocycles. The first-order valence-corrected chi connectivity index (χ1v) is 9.68. The van der Waals surface area contributed by atoms with E-state index < -0.39 is 0 Å². The summed E-state index contributed by atoms with van der Waals surface area (Å²) in [6.07, 6.45) is 5.41. The van der Waals surface area contributed by atoms with Crippen LogP contribution in [0.15, 0.2) is 67.0 Å². The highest BCUT2D eigenvalue weighted by atomic mass is 16.5. The van der Waals surface area contributed by atoms with E-state index in [4.69, 9.17) is 9.47 Å². The third-order valence-electron chi connectivity index (χ3n) is 5.19. The van der Waals surface area contributed by atoms with Gasteiger partial charge in [-0.25, -0.2) is 0 Å². The van der Waals surface area contributed by atoms with Crippen LogP contribution in [-0.2, 0) is 9.53 Å². The first kappa shape index (κ1) is 18.4. The van der Waals surface area contributed by atoms with Crippen molar-refractivity contribution in [3.8, 4) is 5.75 Å². The normalized spacial score (nSPS) is 15.9. The van der Waals surface area contributed by atoms with E-state index in [9.17, 15) is 4.79 Å². The molecule has 144 valence electrons. The zero-order chi connectivity index (χ0) is 19.2. The van der Waals surface area contributed by atoms with Crippen LogP contribution in [0.4, 0.5) is 0 Å². The van der Waals surface area contributed by atoms with Gasteiger partial charge in [-0.05, 0) is 53.3 Å². The second-order valence-corrected chi connectivity index (χ2v) is 7.08. The highest BCUT2D eigenvalue weighted by Gasteiger charge is 2.27. The minimum Gasteiger partial charge on any atom is -0.484 e. The number of nitrogens with zero attached hydrogens (tertiary/aromatic N) is 1. The van der Waals surface area contributed by atoms with Crippen LogP contribution in [0, 0.1) is 5.92 Å². The second kappa shape index (κ2) is 8.85. The van der Waals surface area contributed by atoms with Crippen LogP contribution in [0.25, 0.3) is 10.8 Å². The first-order valence-electron chi connectivity index (χ1n) is 9.68. The summed E-state index contributed by atoms with van der Waals surface area (Å²) in [4.78, 5) is 16.8. The molecule has 0 aliphatic carbocycles. The molecule has 28 heavy (non-hydrogen) atoms. The molecule has 0 spiro atoms. The zero-order valence-electron chi connectivity index (χ0n) is 15.7. The number of benzene rings is 2. The van der Waals surface area contributed by atoms with Crippen molar-refractivity contribution in [2.75, 3.05) is 19.8 Å². The number of hydrogen-bond donors (Lipinski definition) is 1. The third kappa shape index (κ3) is 4.49. The molecule has 1 N–H and O–H groups in total. The lowest BCUT2D eigenvalue weighted by atomic mass is 9.87. The number of amides is 1. The van der Waals surface area contributed by atoms with Crippen LogP contribution in [0.5, 0.6) is 5.75 Å². The van der Waals surface area contributed by atoms with E-state index in [1.165, 1.54) is 0 Å². The maximum atomic E-state index is 12.6. The predicted molar refractivity (Wildman–Crippen MR) is 108 cm³/mol. The number of nitrogens with one attached hydrogen (secondary N) is 1. The summed E-state index contributed by atoms with van der Waals surface area (Å²) in [6.45, 7) is 1.44. The van der Waals surface area contributed by atoms with Crippen LogP contribution in [-0.4, -0.2) is 30.7 Å². The van der Waals surface area contributed by atoms with E-state index in [0.29, 0.717) is 11.7 Å². The van der Waals surface area contributed by atoms with Crippen molar-refractivity contribution in [1.82, 2.24) is 10.3 Å². The largest absolute Gasteiger partial charge is 0.484 e. The Hall–Kier alpha value is -2.92. The molecule has 0 saturated carbocycles. The highest BCUT2D eigenvalue weighted by Crippen LogP contribution is 2.29. The van der Waals surface area contributed by atoms with Crippen molar-refractivity contribution in [3.63, 3.8) is 0 Å². The Bertz CT molecular complexity index is 923. The quantitative estimate of drug-likeness (QED) is 0.709. The van der Waals surface area contributed by atoms with Crippen LogP contribution in [0.3, 0.4) is 0 Å². The summed E-state index contributed by atoms with van der Waals surface area (Å²) < 4.78 is 11.2. The molecule has 1 fully saturated rings. The molecule has 1 unspecified atom stereocenters. The number of pyridine rings is 1. The number of fused-ring (bicyclic) bond motifs is 1. The Kier molecular flexibility index (Phi) is 5.83. The Labute approximate surface area is 164 Å². The fourth-order valence-electron chi connectivity index (χ4n) is 3.70. The number of aromatic nitrogens is 1. The van der Waals surface area contributed by atoms with Crippen molar-refractivity contribution in [2.45, 2.75) is 18.9 Å². The average Bonchev–Trinajstić information content (AvgIpc) is 2.77. The maximum absolute atomic E-state index is 12.6. The van der Waals surface area contributed by atoms with E-state index in [1.54, 1.807) is 6.20 Å². The summed E-state index contributed by atoms with van der Waals surface area (Å²) in [7, 11) is 0. The summed E-state index contributed by atoms with van der Waals surface area (Å²) in [5, 5.41) is 5.39. The molecule has 1 atom stereocenters. The molecule has 2 heterocycles. The molecule has 1 saturated heterocycles. The molecular weight excluding hydrogens is 352 g/mol. The van der Waals surface area contributed by atoms with E-state index in [2.05, 4.69) is 16.4 Å². The lowest BCUT2D eigenvalue weighted by molar-refractivity contribution is -0.124. The Morgan fingerprint density at radius 1 is 1.11 bits per heavy atom. The van der Waals surface area contributed by atoms with E-state index in [1.807, 2.05) is 54.7 Å². The standard InChI is InChI=1S/C23H24N2O3/c26-22(16-28-21-8-7-17-4-1-2-5-19(17)14-21)25-23(18-9-12-27-13-10-18)20-6-3-11-24-15-20/h1-8,11,14-15,18,23H,9-10,12-13,16H2,(H,25,26). The SMILES string of the molecule is O=C(COc1ccc2ccccc2c1)NC(c1cccnc1)C1CCOCC1. The summed E-state index contributed by atoms with van der Waals surface area (Å²) in [5.41, 5.74) is 1.02. The van der Waals surface area contributed by atoms with Crippen molar-refractivity contribution in [3.05, 3.63) is 72.6 Å². The number of hydrogen-bond acceptors (Lipinski definition) is 4. The minimum absolute atomic E-state index is 0.0156. The number of ether oxygens (including phenoxy) is 2. The zero-order valence-corrected chi connectivity index (χ0v) is 15.7. The monoisotopic (exact) mass is 376 g/mol. The summed E-state index contributed by atoms with van der Waals surface area (Å²) in [5.74, 6) is 0.897. The van der Waals surface area contributed by atoms with E-state index in [0.717, 1.165) is 42.4 Å². The van der Waals surface area contributed by atoms with Crippen LogP contribution in [0.2, 0.25) is 0 Å². The van der Waals surface area contributed by atoms with Gasteiger partial charge in [0, 0.05) is 25.6 Å². The molecule has 5 heteroatoms. The molecule has 1 aromatic heterocycles. The molecule has 3 aromatic rings. The van der Waals surface area contributed by atoms with E-state index >= 15 is 0 Å². The topological polar surface area (TPSA) is 60.5 Å². The van der Waals surface area contributed by atoms with Crippen molar-refractivity contribution in [2.24, 2.45) is 5.92 Å². The Morgan fingerprint density at radius 2 is 1.93 bits per heavy atom. The molecule has 0 bridgehead atoms. The van der Waals surface area contributed by atoms with Gasteiger partial charge < -0.3 is 14.8 Å². The maximum Gasteiger partial charge on any atom is 0.258 e. The van der Waals surface area contributed by atoms with Gasteiger partial charge in [0.15, 0.2) is 6.61 Å². The van der Waals surface area contributed by atoms with E-state index in [-0.39, 0.29) is 18.6 Å². The summed E-state index contributed by atoms with van der Waals surface area (Å²) in [6, 6.07) is 17.8. The molecular formula is C23H24N2O3. The lowest BCUT2D eigenvalue weighted by Crippen LogP contribution is -2.38. The number of carbonyl (C=O) groups excluding carboxylic acids is 1. The number of rotatable bonds is 6. The Morgan fingerprint density at radius 3 is 2.71 bits per heavy atom. The van der Waals surface area contributed by atoms with Gasteiger partial charge in [0.2, 0.25) is 0 Å². The predicted octanol–water partition coefficient (Wildman–Crippen LogP) is 3.90. The van der Waals surface area contributed by atoms with Gasteiger partial charge in [0.05, 0.1) is 6.04 Å². The van der Waals surface area contributed by atoms with Gasteiger partial charge in [-0.3, -0.25) is 9.78 Å². The van der Waals surface area contributed by atoms with Gasteiger partial charge in [0.1, 0.15) is 5.75 Å². The van der Waals surface area contributed by atoms with Crippen molar-refractivity contribution >= 4 is 16.7 Å². The first-order chi connectivity index (χ1) is 13.8. The van der Waals surface area contributed by atoms with Gasteiger partial charge in [-0.15, -0.1) is 0 Å². The van der Waals surface area contributed by atoms with Crippen LogP contribution in [0.1, 0.15) is 24.4 Å². The summed E-state index contributed by atoms with van der Waals surface area (Å²) >= 11 is 0.